The molecule has 0 radical (unpaired) electrons. The standard InChI is InChI=1S/C19H25N5O3.C15H17N5O2.C13H23BN2O3.C12H14ClN3O2.C8H11N/c1-6-26-13(2)24-10-14(9-22-24)16-15-7-8-23(17(15)21-11-20-16)12-27-18(25)19(3,4)5;1-15(2,3)14(21)22-9-20-5-4-11-12(10-6-18-19-7-10)16-8-17-13(11)20;1-7-17-10(2)16-9-11(8-15-16)14-18-12(3,4)13(5,6)19-14;1-12(2,3)11(17)18-7-16-5-4-8-9(13)14-6-15-10(8)16;9-7-3-6-8-4-1-2-5-8/h7-11,13H,6,12H2,1-5H3;4-8H,9H2,1-3H3,(H,18,19);8-10H,7H2,1-6H3;4-6H,7H2,1-3H3;3,6,8H,1-2,4-5H2. The highest BCUT2D eigenvalue weighted by Crippen LogP contribution is 2.37. The van der Waals surface area contributed by atoms with E-state index in [4.69, 9.17) is 49.9 Å². The van der Waals surface area contributed by atoms with Crippen LogP contribution in [-0.4, -0.2) is 123 Å². The maximum atomic E-state index is 12.0. The summed E-state index contributed by atoms with van der Waals surface area (Å²) in [6.07, 6.45) is 29.3. The normalized spacial score (nSPS) is 15.2. The number of ether oxygens (including phenoxy) is 5. The van der Waals surface area contributed by atoms with Gasteiger partial charge in [-0.3, -0.25) is 33.2 Å². The van der Waals surface area contributed by atoms with E-state index in [0.29, 0.717) is 41.2 Å². The number of H-pyrrole nitrogens is 1. The molecule has 9 aromatic rings. The predicted octanol–water partition coefficient (Wildman–Crippen LogP) is 12.4. The maximum absolute atomic E-state index is 12.0. The number of nitrogens with one attached hydrogen (secondary N) is 1. The van der Waals surface area contributed by atoms with Gasteiger partial charge in [-0.15, -0.1) is 0 Å². The number of nitrogens with zero attached hydrogens (tertiary/aromatic N) is 15. The quantitative estimate of drug-likeness (QED) is 0.0309. The topological polar surface area (TPSA) is 296 Å². The number of rotatable bonds is 16. The smallest absolute Gasteiger partial charge is 0.443 e. The zero-order chi connectivity index (χ0) is 69.5. The molecule has 2 atom stereocenters. The SMILES string of the molecule is CC(C)(C)C(=O)OCn1ccc2c(-c3cn[nH]c3)ncnc21.CC(C)(C)C(=O)OCn1ccc2c(Cl)ncnc21.CCOC(C)n1cc(-c2ncnc3c2ccn3COC(=O)C(C)(C)C)cn1.CCOC(C)n1cc(B2OC(C)(C)C(C)(C)O2)cn1.N#CC=CC1CCCC1. The fourth-order valence-electron chi connectivity index (χ4n) is 9.44. The molecular formula is C67H90BClN16O10. The number of halogens is 1. The molecule has 2 aliphatic rings. The number of aromatic amines is 1. The molecule has 1 N–H and O–H groups in total. The fourth-order valence-corrected chi connectivity index (χ4v) is 9.63. The summed E-state index contributed by atoms with van der Waals surface area (Å²) in [5, 5.41) is 26.5. The lowest BCUT2D eigenvalue weighted by Gasteiger charge is -2.32. The molecule has 0 bridgehead atoms. The molecule has 1 saturated carbocycles. The van der Waals surface area contributed by atoms with Gasteiger partial charge in [-0.1, -0.05) is 30.5 Å². The van der Waals surface area contributed by atoms with E-state index in [1.807, 2.05) is 167 Å². The van der Waals surface area contributed by atoms with E-state index in [-0.39, 0.29) is 68.9 Å². The molecule has 0 amide bonds. The van der Waals surface area contributed by atoms with Crippen LogP contribution < -0.4 is 5.46 Å². The largest absolute Gasteiger partial charge is 0.498 e. The molecule has 1 saturated heterocycles. The first kappa shape index (κ1) is 73.7. The Kier molecular flexibility index (Phi) is 25.0. The number of carbonyl (C=O) groups excluding carboxylic acids is 3. The van der Waals surface area contributed by atoms with Gasteiger partial charge in [0, 0.05) is 90.0 Å². The lowest BCUT2D eigenvalue weighted by atomic mass is 9.82. The van der Waals surface area contributed by atoms with Crippen LogP contribution in [-0.2, 0) is 67.6 Å². The number of allylic oxidation sites excluding steroid dienone is 2. The molecule has 2 unspecified atom stereocenters. The third-order valence-corrected chi connectivity index (χ3v) is 16.0. The molecule has 508 valence electrons. The number of fused-ring (bicyclic) bond motifs is 3. The maximum Gasteiger partial charge on any atom is 0.498 e. The van der Waals surface area contributed by atoms with Gasteiger partial charge in [0.15, 0.2) is 20.2 Å². The third kappa shape index (κ3) is 19.5. The summed E-state index contributed by atoms with van der Waals surface area (Å²) >= 11 is 5.93. The summed E-state index contributed by atoms with van der Waals surface area (Å²) < 4.78 is 47.8. The molecule has 11 rings (SSSR count). The van der Waals surface area contributed by atoms with Gasteiger partial charge in [-0.05, 0) is 155 Å². The molecule has 0 spiro atoms. The Balaban J connectivity index is 0.000000173. The summed E-state index contributed by atoms with van der Waals surface area (Å²) in [5.41, 5.74) is 4.06. The zero-order valence-corrected chi connectivity index (χ0v) is 58.4. The van der Waals surface area contributed by atoms with Gasteiger partial charge < -0.3 is 33.0 Å². The Morgan fingerprint density at radius 3 is 1.53 bits per heavy atom. The van der Waals surface area contributed by atoms with Crippen LogP contribution in [0.2, 0.25) is 5.15 Å². The van der Waals surface area contributed by atoms with E-state index in [1.54, 1.807) is 66.2 Å². The molecule has 26 nitrogen and oxygen atoms in total. The highest BCUT2D eigenvalue weighted by Gasteiger charge is 2.52. The van der Waals surface area contributed by atoms with Crippen LogP contribution in [0.3, 0.4) is 0 Å². The van der Waals surface area contributed by atoms with E-state index >= 15 is 0 Å². The van der Waals surface area contributed by atoms with Gasteiger partial charge in [0.1, 0.15) is 53.5 Å². The second kappa shape index (κ2) is 32.2. The second-order valence-corrected chi connectivity index (χ2v) is 27.1. The summed E-state index contributed by atoms with van der Waals surface area (Å²) in [6.45, 7) is 34.0. The second-order valence-electron chi connectivity index (χ2n) is 26.8. The Labute approximate surface area is 560 Å². The molecule has 1 aliphatic carbocycles. The Morgan fingerprint density at radius 1 is 0.653 bits per heavy atom. The molecular weight excluding hydrogens is 1240 g/mol. The highest BCUT2D eigenvalue weighted by molar-refractivity contribution is 6.62. The molecule has 0 aromatic carbocycles. The van der Waals surface area contributed by atoms with E-state index in [2.05, 4.69) is 50.3 Å². The van der Waals surface area contributed by atoms with Crippen LogP contribution in [0.1, 0.15) is 156 Å². The van der Waals surface area contributed by atoms with Crippen LogP contribution in [0.4, 0.5) is 0 Å². The monoisotopic (exact) mass is 1320 g/mol. The summed E-state index contributed by atoms with van der Waals surface area (Å²) in [4.78, 5) is 60.9. The Morgan fingerprint density at radius 2 is 1.08 bits per heavy atom. The zero-order valence-electron chi connectivity index (χ0n) is 57.7. The third-order valence-electron chi connectivity index (χ3n) is 15.7. The van der Waals surface area contributed by atoms with Gasteiger partial charge in [0.25, 0.3) is 0 Å². The molecule has 1 aliphatic heterocycles. The van der Waals surface area contributed by atoms with Crippen molar-refractivity contribution in [3.63, 3.8) is 0 Å². The number of esters is 3. The molecule has 95 heavy (non-hydrogen) atoms. The van der Waals surface area contributed by atoms with E-state index in [0.717, 1.165) is 44.1 Å². The number of hydrogen-bond acceptors (Lipinski definition) is 20. The average Bonchev–Trinajstić information content (AvgIpc) is 1.64. The number of nitriles is 1. The van der Waals surface area contributed by atoms with Gasteiger partial charge >= 0.3 is 25.0 Å². The van der Waals surface area contributed by atoms with Crippen molar-refractivity contribution in [3.05, 3.63) is 110 Å². The fraction of sp³-hybridized carbons (Fsp3) is 0.507. The van der Waals surface area contributed by atoms with Crippen molar-refractivity contribution < 1.29 is 47.4 Å². The van der Waals surface area contributed by atoms with Crippen molar-refractivity contribution in [2.24, 2.45) is 22.2 Å². The molecule has 28 heteroatoms. The molecule has 2 fully saturated rings. The van der Waals surface area contributed by atoms with Crippen LogP contribution in [0.5, 0.6) is 0 Å². The van der Waals surface area contributed by atoms with Crippen molar-refractivity contribution in [1.82, 2.24) is 73.4 Å². The van der Waals surface area contributed by atoms with Gasteiger partial charge in [-0.2, -0.15) is 20.6 Å². The first-order valence-corrected chi connectivity index (χ1v) is 32.0. The summed E-state index contributed by atoms with van der Waals surface area (Å²) in [6, 6.07) is 7.63. The van der Waals surface area contributed by atoms with Gasteiger partial charge in [0.2, 0.25) is 0 Å². The predicted molar refractivity (Wildman–Crippen MR) is 360 cm³/mol. The van der Waals surface area contributed by atoms with Crippen LogP contribution in [0.15, 0.2) is 105 Å². The average molecular weight is 1330 g/mol. The minimum atomic E-state index is -0.547. The van der Waals surface area contributed by atoms with Crippen molar-refractivity contribution >= 4 is 75.2 Å². The highest BCUT2D eigenvalue weighted by atomic mass is 35.5. The van der Waals surface area contributed by atoms with E-state index in [1.165, 1.54) is 44.7 Å². The van der Waals surface area contributed by atoms with Crippen LogP contribution in [0, 0.1) is 33.5 Å². The van der Waals surface area contributed by atoms with Gasteiger partial charge in [0.05, 0.1) is 62.7 Å². The first-order valence-electron chi connectivity index (χ1n) is 31.7. The molecule has 10 heterocycles. The van der Waals surface area contributed by atoms with E-state index < -0.39 is 16.2 Å². The molecule has 9 aromatic heterocycles. The number of carbonyl (C=O) groups is 3. The summed E-state index contributed by atoms with van der Waals surface area (Å²) in [7, 11) is -0.368. The van der Waals surface area contributed by atoms with Gasteiger partial charge in [-0.25, -0.2) is 39.3 Å². The number of hydrogen-bond donors (Lipinski definition) is 1. The lowest BCUT2D eigenvalue weighted by Crippen LogP contribution is -2.41. The Bertz CT molecular complexity index is 4030. The Hall–Kier alpha value is -8.68. The number of aromatic nitrogens is 15. The van der Waals surface area contributed by atoms with Crippen molar-refractivity contribution in [1.29, 1.82) is 5.26 Å². The van der Waals surface area contributed by atoms with Crippen molar-refractivity contribution in [2.75, 3.05) is 13.2 Å². The minimum absolute atomic E-state index is 0.0822. The first-order chi connectivity index (χ1) is 44.9. The van der Waals surface area contributed by atoms with Crippen molar-refractivity contribution in [3.8, 4) is 28.6 Å². The lowest BCUT2D eigenvalue weighted by molar-refractivity contribution is -0.157. The van der Waals surface area contributed by atoms with E-state index in [9.17, 15) is 14.4 Å². The van der Waals surface area contributed by atoms with Crippen molar-refractivity contribution in [2.45, 2.75) is 187 Å². The summed E-state index contributed by atoms with van der Waals surface area (Å²) in [5.74, 6) is -0.0579. The van der Waals surface area contributed by atoms with Crippen LogP contribution >= 0.6 is 11.6 Å². The minimum Gasteiger partial charge on any atom is -0.443 e. The van der Waals surface area contributed by atoms with Crippen LogP contribution in [0.25, 0.3) is 55.6 Å².